The van der Waals surface area contributed by atoms with Crippen molar-refractivity contribution in [1.82, 2.24) is 4.90 Å². The van der Waals surface area contributed by atoms with Crippen LogP contribution in [-0.4, -0.2) is 30.1 Å². The zero-order chi connectivity index (χ0) is 12.4. The summed E-state index contributed by atoms with van der Waals surface area (Å²) in [5.41, 5.74) is 6.09. The van der Waals surface area contributed by atoms with Crippen LogP contribution in [0.2, 0.25) is 0 Å². The van der Waals surface area contributed by atoms with Crippen molar-refractivity contribution >= 4 is 0 Å². The van der Waals surface area contributed by atoms with Crippen LogP contribution in [0.25, 0.3) is 0 Å². The number of likely N-dealkylation sites (tertiary alicyclic amines) is 1. The van der Waals surface area contributed by atoms with Gasteiger partial charge in [0, 0.05) is 25.2 Å². The van der Waals surface area contributed by atoms with Crippen LogP contribution in [0.3, 0.4) is 0 Å². The van der Waals surface area contributed by atoms with Crippen molar-refractivity contribution in [3.8, 4) is 0 Å². The maximum Gasteiger partial charge on any atom is 0.0249 e. The lowest BCUT2D eigenvalue weighted by Gasteiger charge is -2.40. The van der Waals surface area contributed by atoms with Crippen molar-refractivity contribution in [3.63, 3.8) is 0 Å². The molecule has 0 amide bonds. The van der Waals surface area contributed by atoms with E-state index < -0.39 is 0 Å². The number of nitrogens with zero attached hydrogens (tertiary/aromatic N) is 1. The molecule has 2 nitrogen and oxygen atoms in total. The third-order valence-corrected chi connectivity index (χ3v) is 5.02. The maximum atomic E-state index is 6.09. The van der Waals surface area contributed by atoms with Crippen LogP contribution in [0.5, 0.6) is 0 Å². The molecule has 5 unspecified atom stereocenters. The summed E-state index contributed by atoms with van der Waals surface area (Å²) in [5.74, 6) is 2.63. The lowest BCUT2D eigenvalue weighted by atomic mass is 9.78. The first kappa shape index (κ1) is 13.4. The lowest BCUT2D eigenvalue weighted by molar-refractivity contribution is 0.101. The Balaban J connectivity index is 2.00. The van der Waals surface area contributed by atoms with Crippen molar-refractivity contribution < 1.29 is 0 Å². The van der Waals surface area contributed by atoms with Crippen LogP contribution in [0.15, 0.2) is 0 Å². The van der Waals surface area contributed by atoms with Gasteiger partial charge in [-0.15, -0.1) is 0 Å². The van der Waals surface area contributed by atoms with Gasteiger partial charge in [0.15, 0.2) is 0 Å². The molecule has 2 heteroatoms. The largest absolute Gasteiger partial charge is 0.329 e. The van der Waals surface area contributed by atoms with Crippen molar-refractivity contribution in [3.05, 3.63) is 0 Å². The van der Waals surface area contributed by atoms with Crippen molar-refractivity contribution in [2.24, 2.45) is 23.5 Å². The molecule has 1 heterocycles. The number of rotatable bonds is 3. The summed E-state index contributed by atoms with van der Waals surface area (Å²) in [7, 11) is 0. The minimum absolute atomic E-state index is 0.651. The first-order chi connectivity index (χ1) is 8.11. The fourth-order valence-electron chi connectivity index (χ4n) is 4.22. The van der Waals surface area contributed by atoms with Crippen LogP contribution in [0, 0.1) is 17.8 Å². The van der Waals surface area contributed by atoms with E-state index in [1.165, 1.54) is 38.6 Å². The minimum Gasteiger partial charge on any atom is -0.329 e. The third kappa shape index (κ3) is 3.03. The van der Waals surface area contributed by atoms with E-state index in [9.17, 15) is 0 Å². The molecule has 0 aromatic heterocycles. The van der Waals surface area contributed by atoms with Gasteiger partial charge in [-0.05, 0) is 43.9 Å². The van der Waals surface area contributed by atoms with Gasteiger partial charge in [-0.2, -0.15) is 0 Å². The molecule has 1 saturated carbocycles. The molecule has 5 atom stereocenters. The summed E-state index contributed by atoms with van der Waals surface area (Å²) in [6, 6.07) is 1.40. The highest BCUT2D eigenvalue weighted by Gasteiger charge is 2.36. The van der Waals surface area contributed by atoms with E-state index in [4.69, 9.17) is 5.73 Å². The van der Waals surface area contributed by atoms with E-state index in [1.54, 1.807) is 0 Å². The first-order valence-corrected chi connectivity index (χ1v) is 7.57. The molecule has 2 fully saturated rings. The number of hydrogen-bond acceptors (Lipinski definition) is 2. The Morgan fingerprint density at radius 3 is 2.41 bits per heavy atom. The quantitative estimate of drug-likeness (QED) is 0.819. The van der Waals surface area contributed by atoms with E-state index in [1.807, 2.05) is 0 Å². The number of hydrogen-bond donors (Lipinski definition) is 1. The topological polar surface area (TPSA) is 29.3 Å². The predicted molar refractivity (Wildman–Crippen MR) is 73.9 cm³/mol. The Bertz CT molecular complexity index is 241. The molecule has 1 saturated heterocycles. The van der Waals surface area contributed by atoms with E-state index in [0.29, 0.717) is 6.04 Å². The molecule has 17 heavy (non-hydrogen) atoms. The van der Waals surface area contributed by atoms with Gasteiger partial charge in [0.05, 0.1) is 0 Å². The van der Waals surface area contributed by atoms with E-state index in [-0.39, 0.29) is 0 Å². The SMILES string of the molecule is CC1CCCC(C(CN)N2CC(C)CC2C)C1. The highest BCUT2D eigenvalue weighted by Crippen LogP contribution is 2.35. The van der Waals surface area contributed by atoms with Crippen LogP contribution < -0.4 is 5.73 Å². The molecular formula is C15H30N2. The fourth-order valence-corrected chi connectivity index (χ4v) is 4.22. The van der Waals surface area contributed by atoms with Crippen LogP contribution >= 0.6 is 0 Å². The molecule has 0 aromatic rings. The second-order valence-corrected chi connectivity index (χ2v) is 6.72. The van der Waals surface area contributed by atoms with Crippen molar-refractivity contribution in [1.29, 1.82) is 0 Å². The minimum atomic E-state index is 0.651. The molecule has 0 bridgehead atoms. The van der Waals surface area contributed by atoms with E-state index in [2.05, 4.69) is 25.7 Å². The second kappa shape index (κ2) is 5.71. The Hall–Kier alpha value is -0.0800. The number of nitrogens with two attached hydrogens (primary N) is 1. The summed E-state index contributed by atoms with van der Waals surface area (Å²) in [6.45, 7) is 9.31. The van der Waals surface area contributed by atoms with Gasteiger partial charge in [-0.3, -0.25) is 4.90 Å². The first-order valence-electron chi connectivity index (χ1n) is 7.57. The van der Waals surface area contributed by atoms with Crippen LogP contribution in [0.4, 0.5) is 0 Å². The molecule has 0 aromatic carbocycles. The Morgan fingerprint density at radius 2 is 1.88 bits per heavy atom. The zero-order valence-corrected chi connectivity index (χ0v) is 11.9. The maximum absolute atomic E-state index is 6.09. The molecule has 2 aliphatic rings. The third-order valence-electron chi connectivity index (χ3n) is 5.02. The molecule has 2 rings (SSSR count). The van der Waals surface area contributed by atoms with Gasteiger partial charge in [-0.1, -0.05) is 26.7 Å². The second-order valence-electron chi connectivity index (χ2n) is 6.72. The molecule has 1 aliphatic carbocycles. The summed E-state index contributed by atoms with van der Waals surface area (Å²) < 4.78 is 0. The Kier molecular flexibility index (Phi) is 4.48. The summed E-state index contributed by atoms with van der Waals surface area (Å²) in [5, 5.41) is 0. The highest BCUT2D eigenvalue weighted by molar-refractivity contribution is 4.91. The van der Waals surface area contributed by atoms with Gasteiger partial charge < -0.3 is 5.73 Å². The molecule has 100 valence electrons. The average molecular weight is 238 g/mol. The Labute approximate surface area is 107 Å². The summed E-state index contributed by atoms with van der Waals surface area (Å²) in [4.78, 5) is 2.72. The predicted octanol–water partition coefficient (Wildman–Crippen LogP) is 2.87. The van der Waals surface area contributed by atoms with Gasteiger partial charge in [0.2, 0.25) is 0 Å². The zero-order valence-electron chi connectivity index (χ0n) is 11.9. The van der Waals surface area contributed by atoms with Crippen molar-refractivity contribution in [2.45, 2.75) is 65.0 Å². The molecular weight excluding hydrogens is 208 g/mol. The standard InChI is InChI=1S/C15H30N2/c1-11-5-4-6-14(8-11)15(9-16)17-10-12(2)7-13(17)3/h11-15H,4-10,16H2,1-3H3. The lowest BCUT2D eigenvalue weighted by Crippen LogP contribution is -2.48. The highest BCUT2D eigenvalue weighted by atomic mass is 15.2. The molecule has 1 aliphatic heterocycles. The smallest absolute Gasteiger partial charge is 0.0249 e. The molecule has 2 N–H and O–H groups in total. The van der Waals surface area contributed by atoms with E-state index >= 15 is 0 Å². The molecule has 0 spiro atoms. The summed E-state index contributed by atoms with van der Waals surface area (Å²) >= 11 is 0. The van der Waals surface area contributed by atoms with Gasteiger partial charge in [0.25, 0.3) is 0 Å². The Morgan fingerprint density at radius 1 is 1.12 bits per heavy atom. The van der Waals surface area contributed by atoms with Gasteiger partial charge in [-0.25, -0.2) is 0 Å². The monoisotopic (exact) mass is 238 g/mol. The van der Waals surface area contributed by atoms with Crippen LogP contribution in [0.1, 0.15) is 52.9 Å². The van der Waals surface area contributed by atoms with Gasteiger partial charge >= 0.3 is 0 Å². The van der Waals surface area contributed by atoms with Crippen LogP contribution in [-0.2, 0) is 0 Å². The molecule has 0 radical (unpaired) electrons. The fraction of sp³-hybridized carbons (Fsp3) is 1.00. The average Bonchev–Trinajstić information content (AvgIpc) is 2.59. The van der Waals surface area contributed by atoms with Gasteiger partial charge in [0.1, 0.15) is 0 Å². The summed E-state index contributed by atoms with van der Waals surface area (Å²) in [6.07, 6.45) is 7.02. The van der Waals surface area contributed by atoms with Crippen molar-refractivity contribution in [2.75, 3.05) is 13.1 Å². The van der Waals surface area contributed by atoms with E-state index in [0.717, 1.165) is 30.3 Å². The normalized spacial score (nSPS) is 41.6.